The molecule has 0 aromatic carbocycles. The van der Waals surface area contributed by atoms with Crippen LogP contribution >= 0.6 is 0 Å². The van der Waals surface area contributed by atoms with E-state index in [0.717, 1.165) is 25.7 Å². The van der Waals surface area contributed by atoms with E-state index in [2.05, 4.69) is 0 Å². The maximum Gasteiger partial charge on any atom is 0.254 e. The van der Waals surface area contributed by atoms with Gasteiger partial charge < -0.3 is 4.90 Å². The van der Waals surface area contributed by atoms with Crippen LogP contribution in [0.1, 0.15) is 38.5 Å². The molecule has 1 fully saturated rings. The minimum absolute atomic E-state index is 0.313. The molecule has 1 rings (SSSR count). The number of hydrogen-bond acceptors (Lipinski definition) is 3. The summed E-state index contributed by atoms with van der Waals surface area (Å²) >= 11 is 0. The van der Waals surface area contributed by atoms with Gasteiger partial charge in [0.1, 0.15) is 0 Å². The van der Waals surface area contributed by atoms with E-state index in [1.807, 2.05) is 0 Å². The zero-order chi connectivity index (χ0) is 11.8. The molecule has 0 unspecified atom stereocenters. The summed E-state index contributed by atoms with van der Waals surface area (Å²) in [6, 6.07) is 3.50. The Balaban J connectivity index is 2.58. The molecule has 4 nitrogen and oxygen atoms in total. The third-order valence-corrected chi connectivity index (χ3v) is 2.92. The Labute approximate surface area is 96.5 Å². The van der Waals surface area contributed by atoms with E-state index in [9.17, 15) is 4.79 Å². The van der Waals surface area contributed by atoms with Gasteiger partial charge in [0, 0.05) is 13.1 Å². The summed E-state index contributed by atoms with van der Waals surface area (Å²) in [5, 5.41) is 17.4. The third kappa shape index (κ3) is 3.55. The van der Waals surface area contributed by atoms with Crippen LogP contribution in [0, 0.1) is 28.6 Å². The molecule has 16 heavy (non-hydrogen) atoms. The first-order valence-electron chi connectivity index (χ1n) is 5.87. The number of amides is 1. The maximum absolute atomic E-state index is 11.8. The van der Waals surface area contributed by atoms with Gasteiger partial charge in [0.25, 0.3) is 5.91 Å². The van der Waals surface area contributed by atoms with Crippen molar-refractivity contribution in [3.8, 4) is 12.1 Å². The maximum atomic E-state index is 11.8. The van der Waals surface area contributed by atoms with Gasteiger partial charge in [-0.1, -0.05) is 25.7 Å². The molecule has 86 valence electrons. The lowest BCUT2D eigenvalue weighted by Gasteiger charge is -2.22. The van der Waals surface area contributed by atoms with Gasteiger partial charge in [-0.3, -0.25) is 4.79 Å². The van der Waals surface area contributed by atoms with E-state index in [1.54, 1.807) is 17.0 Å². The topological polar surface area (TPSA) is 67.9 Å². The van der Waals surface area contributed by atoms with Gasteiger partial charge in [-0.05, 0) is 12.8 Å². The molecule has 1 saturated heterocycles. The van der Waals surface area contributed by atoms with Crippen LogP contribution in [0.3, 0.4) is 0 Å². The fourth-order valence-electron chi connectivity index (χ4n) is 1.97. The lowest BCUT2D eigenvalue weighted by Crippen LogP contribution is -2.36. The molecule has 0 spiro atoms. The summed E-state index contributed by atoms with van der Waals surface area (Å²) in [5.74, 6) is -1.44. The van der Waals surface area contributed by atoms with Crippen molar-refractivity contribution in [1.82, 2.24) is 4.90 Å². The molecule has 0 saturated carbocycles. The Morgan fingerprint density at radius 2 is 1.38 bits per heavy atom. The molecule has 0 aromatic heterocycles. The van der Waals surface area contributed by atoms with Gasteiger partial charge in [0.15, 0.2) is 0 Å². The standard InChI is InChI=1S/C12H17N3O/c13-9-11(10-14)12(16)15-7-5-3-1-2-4-6-8-15/h11H,1-8H2. The summed E-state index contributed by atoms with van der Waals surface area (Å²) in [6.07, 6.45) is 6.68. The average Bonchev–Trinajstić information content (AvgIpc) is 2.43. The zero-order valence-corrected chi connectivity index (χ0v) is 9.48. The fourth-order valence-corrected chi connectivity index (χ4v) is 1.97. The van der Waals surface area contributed by atoms with E-state index < -0.39 is 5.92 Å². The third-order valence-electron chi connectivity index (χ3n) is 2.92. The highest BCUT2D eigenvalue weighted by atomic mass is 16.2. The molecular formula is C12H17N3O. The molecule has 1 aliphatic heterocycles. The van der Waals surface area contributed by atoms with Crippen molar-refractivity contribution in [2.45, 2.75) is 38.5 Å². The van der Waals surface area contributed by atoms with Crippen molar-refractivity contribution >= 4 is 5.91 Å². The normalized spacial score (nSPS) is 17.8. The van der Waals surface area contributed by atoms with Crippen molar-refractivity contribution < 1.29 is 4.79 Å². The monoisotopic (exact) mass is 219 g/mol. The summed E-state index contributed by atoms with van der Waals surface area (Å²) in [4.78, 5) is 13.5. The quantitative estimate of drug-likeness (QED) is 0.675. The lowest BCUT2D eigenvalue weighted by molar-refractivity contribution is -0.132. The largest absolute Gasteiger partial charge is 0.341 e. The molecule has 1 aliphatic rings. The molecule has 1 heterocycles. The van der Waals surface area contributed by atoms with Crippen molar-refractivity contribution in [2.75, 3.05) is 13.1 Å². The van der Waals surface area contributed by atoms with Crippen LogP contribution < -0.4 is 0 Å². The lowest BCUT2D eigenvalue weighted by atomic mass is 10.1. The number of nitriles is 2. The first-order valence-corrected chi connectivity index (χ1v) is 5.87. The van der Waals surface area contributed by atoms with Crippen molar-refractivity contribution in [3.63, 3.8) is 0 Å². The van der Waals surface area contributed by atoms with Gasteiger partial charge in [-0.2, -0.15) is 10.5 Å². The Morgan fingerprint density at radius 3 is 1.81 bits per heavy atom. The smallest absolute Gasteiger partial charge is 0.254 e. The molecule has 1 amide bonds. The van der Waals surface area contributed by atoms with Crippen LogP contribution in [0.15, 0.2) is 0 Å². The molecule has 0 aromatic rings. The van der Waals surface area contributed by atoms with Crippen LogP contribution in [0.4, 0.5) is 0 Å². The molecule has 0 aliphatic carbocycles. The molecule has 4 heteroatoms. The van der Waals surface area contributed by atoms with E-state index in [-0.39, 0.29) is 5.91 Å². The van der Waals surface area contributed by atoms with Crippen LogP contribution in [0.2, 0.25) is 0 Å². The van der Waals surface area contributed by atoms with Crippen LogP contribution in [-0.2, 0) is 4.79 Å². The molecule has 0 atom stereocenters. The predicted molar refractivity (Wildman–Crippen MR) is 59.0 cm³/mol. The molecule has 0 radical (unpaired) electrons. The predicted octanol–water partition coefficient (Wildman–Crippen LogP) is 1.83. The van der Waals surface area contributed by atoms with Gasteiger partial charge in [-0.25, -0.2) is 0 Å². The second kappa shape index (κ2) is 6.85. The second-order valence-electron chi connectivity index (χ2n) is 4.14. The minimum atomic E-state index is -1.12. The molecule has 0 bridgehead atoms. The first kappa shape index (κ1) is 12.5. The van der Waals surface area contributed by atoms with Gasteiger partial charge >= 0.3 is 0 Å². The van der Waals surface area contributed by atoms with Crippen molar-refractivity contribution in [2.24, 2.45) is 5.92 Å². The van der Waals surface area contributed by atoms with E-state index in [4.69, 9.17) is 10.5 Å². The van der Waals surface area contributed by atoms with E-state index >= 15 is 0 Å². The first-order chi connectivity index (χ1) is 7.79. The molecular weight excluding hydrogens is 202 g/mol. The number of nitrogens with zero attached hydrogens (tertiary/aromatic N) is 3. The second-order valence-corrected chi connectivity index (χ2v) is 4.14. The number of carbonyl (C=O) groups is 1. The Morgan fingerprint density at radius 1 is 0.938 bits per heavy atom. The SMILES string of the molecule is N#CC(C#N)C(=O)N1CCCCCCCC1. The number of hydrogen-bond donors (Lipinski definition) is 0. The van der Waals surface area contributed by atoms with Gasteiger partial charge in [0.05, 0.1) is 12.1 Å². The van der Waals surface area contributed by atoms with Crippen LogP contribution in [0.5, 0.6) is 0 Å². The Bertz CT molecular complexity index is 289. The summed E-state index contributed by atoms with van der Waals surface area (Å²) in [6.45, 7) is 1.39. The minimum Gasteiger partial charge on any atom is -0.341 e. The van der Waals surface area contributed by atoms with E-state index in [1.165, 1.54) is 12.8 Å². The fraction of sp³-hybridized carbons (Fsp3) is 0.750. The molecule has 0 N–H and O–H groups in total. The van der Waals surface area contributed by atoms with Crippen LogP contribution in [-0.4, -0.2) is 23.9 Å². The van der Waals surface area contributed by atoms with E-state index in [0.29, 0.717) is 13.1 Å². The van der Waals surface area contributed by atoms with Crippen molar-refractivity contribution in [3.05, 3.63) is 0 Å². The summed E-state index contributed by atoms with van der Waals surface area (Å²) in [5.41, 5.74) is 0. The zero-order valence-electron chi connectivity index (χ0n) is 9.48. The Hall–Kier alpha value is -1.55. The van der Waals surface area contributed by atoms with Crippen molar-refractivity contribution in [1.29, 1.82) is 10.5 Å². The van der Waals surface area contributed by atoms with Gasteiger partial charge in [-0.15, -0.1) is 0 Å². The number of carbonyl (C=O) groups excluding carboxylic acids is 1. The average molecular weight is 219 g/mol. The highest BCUT2D eigenvalue weighted by Gasteiger charge is 2.23. The summed E-state index contributed by atoms with van der Waals surface area (Å²) in [7, 11) is 0. The summed E-state index contributed by atoms with van der Waals surface area (Å²) < 4.78 is 0. The van der Waals surface area contributed by atoms with Crippen LogP contribution in [0.25, 0.3) is 0 Å². The number of rotatable bonds is 1. The van der Waals surface area contributed by atoms with Gasteiger partial charge in [0.2, 0.25) is 5.92 Å². The Kier molecular flexibility index (Phi) is 5.36. The highest BCUT2D eigenvalue weighted by molar-refractivity contribution is 5.83. The highest BCUT2D eigenvalue weighted by Crippen LogP contribution is 2.13.